The third-order valence-corrected chi connectivity index (χ3v) is 6.25. The lowest BCUT2D eigenvalue weighted by Crippen LogP contribution is -2.31. The van der Waals surface area contributed by atoms with Crippen LogP contribution in [-0.4, -0.2) is 23.3 Å². The Morgan fingerprint density at radius 2 is 1.50 bits per heavy atom. The van der Waals surface area contributed by atoms with Crippen molar-refractivity contribution in [3.05, 3.63) is 109 Å². The fourth-order valence-corrected chi connectivity index (χ4v) is 4.36. The Morgan fingerprint density at radius 3 is 2.22 bits per heavy atom. The maximum atomic E-state index is 13.0. The molecule has 2 aromatic heterocycles. The van der Waals surface area contributed by atoms with E-state index in [0.29, 0.717) is 23.4 Å². The molecule has 0 bridgehead atoms. The maximum Gasteiger partial charge on any atom is 0.272 e. The fourth-order valence-electron chi connectivity index (χ4n) is 3.39. The topological polar surface area (TPSA) is 84.2 Å². The van der Waals surface area contributed by atoms with Gasteiger partial charge in [0.05, 0.1) is 15.9 Å². The van der Waals surface area contributed by atoms with Crippen LogP contribution in [0.3, 0.4) is 0 Å². The summed E-state index contributed by atoms with van der Waals surface area (Å²) in [6.45, 7) is 0.683. The summed E-state index contributed by atoms with van der Waals surface area (Å²) in [7, 11) is -3.70. The molecule has 1 N–H and O–H groups in total. The van der Waals surface area contributed by atoms with Crippen LogP contribution < -0.4 is 4.57 Å². The van der Waals surface area contributed by atoms with Crippen LogP contribution in [0.1, 0.15) is 5.56 Å². The molecule has 3 aromatic carbocycles. The highest BCUT2D eigenvalue weighted by molar-refractivity contribution is 7.88. The van der Waals surface area contributed by atoms with Crippen LogP contribution in [0, 0.1) is 0 Å². The predicted molar refractivity (Wildman–Crippen MR) is 122 cm³/mol. The van der Waals surface area contributed by atoms with Gasteiger partial charge in [0, 0.05) is 0 Å². The first-order valence-electron chi connectivity index (χ1n) is 10.0. The van der Waals surface area contributed by atoms with E-state index in [0.717, 1.165) is 5.56 Å². The fraction of sp³-hybridized carbons (Fsp3) is 0.0417. The molecule has 0 radical (unpaired) electrons. The van der Waals surface area contributed by atoms with Crippen LogP contribution >= 0.6 is 0 Å². The van der Waals surface area contributed by atoms with E-state index in [-0.39, 0.29) is 10.7 Å². The number of hydrogen-bond donors (Lipinski definition) is 1. The summed E-state index contributed by atoms with van der Waals surface area (Å²) in [6.07, 6.45) is 5.62. The van der Waals surface area contributed by atoms with Gasteiger partial charge in [-0.05, 0) is 29.8 Å². The molecule has 5 rings (SSSR count). The molecule has 0 aliphatic carbocycles. The Morgan fingerprint density at radius 1 is 0.875 bits per heavy atom. The summed E-state index contributed by atoms with van der Waals surface area (Å²) >= 11 is 0. The van der Waals surface area contributed by atoms with Crippen molar-refractivity contribution in [2.24, 2.45) is 4.36 Å². The molecule has 0 saturated carbocycles. The minimum Gasteiger partial charge on any atom is -0.296 e. The van der Waals surface area contributed by atoms with Gasteiger partial charge in [0.2, 0.25) is 5.82 Å². The summed E-state index contributed by atoms with van der Waals surface area (Å²) in [5.41, 5.74) is 2.43. The van der Waals surface area contributed by atoms with Crippen LogP contribution in [0.15, 0.2) is 113 Å². The second-order valence-electron chi connectivity index (χ2n) is 7.24. The van der Waals surface area contributed by atoms with Gasteiger partial charge in [-0.25, -0.2) is 18.7 Å². The van der Waals surface area contributed by atoms with E-state index in [1.807, 2.05) is 59.7 Å². The van der Waals surface area contributed by atoms with E-state index >= 15 is 0 Å². The second-order valence-corrected chi connectivity index (χ2v) is 8.89. The van der Waals surface area contributed by atoms with Crippen LogP contribution in [0.2, 0.25) is 0 Å². The standard InChI is InChI=1S/C24H19N5O2S/c30-32(31,20-11-5-2-6-12-20)27-23-24(26-22-14-8-7-13-21(22)25-23)29-16-15-28(18-29)17-19-9-3-1-4-10-19/h1-16,18H,17H2/p+1. The van der Waals surface area contributed by atoms with Crippen LogP contribution in [0.5, 0.6) is 0 Å². The molecule has 0 aliphatic heterocycles. The Hall–Kier alpha value is -3.88. The van der Waals surface area contributed by atoms with E-state index in [1.54, 1.807) is 41.0 Å². The highest BCUT2D eigenvalue weighted by atomic mass is 32.2. The Labute approximate surface area is 185 Å². The van der Waals surface area contributed by atoms with Gasteiger partial charge in [0.1, 0.15) is 18.9 Å². The molecule has 0 aliphatic rings. The molecule has 2 heterocycles. The van der Waals surface area contributed by atoms with Crippen molar-refractivity contribution >= 4 is 26.9 Å². The third-order valence-electron chi connectivity index (χ3n) is 4.94. The highest BCUT2D eigenvalue weighted by Crippen LogP contribution is 2.25. The minimum atomic E-state index is -3.70. The van der Waals surface area contributed by atoms with Crippen molar-refractivity contribution in [3.8, 4) is 5.82 Å². The first-order chi connectivity index (χ1) is 15.6. The number of para-hydroxylation sites is 2. The number of aromatic nitrogens is 4. The summed E-state index contributed by atoms with van der Waals surface area (Å²) in [4.78, 5) is 9.47. The van der Waals surface area contributed by atoms with Crippen LogP contribution in [-0.2, 0) is 16.6 Å². The first kappa shape index (κ1) is 20.0. The lowest BCUT2D eigenvalue weighted by atomic mass is 10.2. The van der Waals surface area contributed by atoms with Crippen molar-refractivity contribution in [1.82, 2.24) is 14.5 Å². The molecule has 1 unspecified atom stereocenters. The van der Waals surface area contributed by atoms with Gasteiger partial charge < -0.3 is 0 Å². The average Bonchev–Trinajstić information content (AvgIpc) is 3.28. The minimum absolute atomic E-state index is 0.0996. The number of imidazole rings is 1. The van der Waals surface area contributed by atoms with E-state index < -0.39 is 10.0 Å². The molecular weight excluding hydrogens is 422 g/mol. The number of nitrogens with zero attached hydrogens (tertiary/aromatic N) is 5. The molecule has 5 aromatic rings. The van der Waals surface area contributed by atoms with Gasteiger partial charge in [-0.2, -0.15) is 4.57 Å². The van der Waals surface area contributed by atoms with Gasteiger partial charge in [-0.15, -0.1) is 4.36 Å². The maximum absolute atomic E-state index is 13.0. The molecule has 7 nitrogen and oxygen atoms in total. The van der Waals surface area contributed by atoms with Gasteiger partial charge in [-0.3, -0.25) is 4.55 Å². The van der Waals surface area contributed by atoms with Crippen molar-refractivity contribution < 1.29 is 13.3 Å². The molecule has 32 heavy (non-hydrogen) atoms. The monoisotopic (exact) mass is 442 g/mol. The SMILES string of the molecule is O=S(O)(=Nc1nc2ccccc2nc1-n1cc[n+](Cc2ccccc2)c1)c1ccccc1. The number of fused-ring (bicyclic) bond motifs is 1. The van der Waals surface area contributed by atoms with Gasteiger partial charge in [0.15, 0.2) is 10.0 Å². The molecule has 0 spiro atoms. The predicted octanol–water partition coefficient (Wildman–Crippen LogP) is 4.39. The summed E-state index contributed by atoms with van der Waals surface area (Å²) in [5.74, 6) is 0.482. The van der Waals surface area contributed by atoms with Crippen LogP contribution in [0.25, 0.3) is 16.9 Å². The highest BCUT2D eigenvalue weighted by Gasteiger charge is 2.19. The largest absolute Gasteiger partial charge is 0.296 e. The van der Waals surface area contributed by atoms with Gasteiger partial charge in [-0.1, -0.05) is 60.7 Å². The van der Waals surface area contributed by atoms with E-state index in [4.69, 9.17) is 4.98 Å². The van der Waals surface area contributed by atoms with E-state index in [1.165, 1.54) is 0 Å². The zero-order valence-corrected chi connectivity index (χ0v) is 17.8. The molecule has 158 valence electrons. The molecule has 0 amide bonds. The van der Waals surface area contributed by atoms with Crippen molar-refractivity contribution in [2.45, 2.75) is 11.4 Å². The van der Waals surface area contributed by atoms with Crippen molar-refractivity contribution in [2.75, 3.05) is 0 Å². The van der Waals surface area contributed by atoms with Crippen molar-refractivity contribution in [3.63, 3.8) is 0 Å². The Kier molecular flexibility index (Phi) is 5.22. The first-order valence-corrected chi connectivity index (χ1v) is 11.5. The normalized spacial score (nSPS) is 13.0. The molecule has 8 heteroatoms. The smallest absolute Gasteiger partial charge is 0.272 e. The van der Waals surface area contributed by atoms with E-state index in [2.05, 4.69) is 21.5 Å². The number of benzene rings is 3. The Balaban J connectivity index is 1.63. The average molecular weight is 443 g/mol. The summed E-state index contributed by atoms with van der Waals surface area (Å²) < 4.78 is 31.6. The summed E-state index contributed by atoms with van der Waals surface area (Å²) in [6, 6.07) is 25.8. The quantitative estimate of drug-likeness (QED) is 0.409. The zero-order valence-electron chi connectivity index (χ0n) is 17.0. The second kappa shape index (κ2) is 8.33. The molecule has 1 atom stereocenters. The number of rotatable bonds is 5. The van der Waals surface area contributed by atoms with Gasteiger partial charge >= 0.3 is 0 Å². The van der Waals surface area contributed by atoms with Gasteiger partial charge in [0.25, 0.3) is 12.1 Å². The van der Waals surface area contributed by atoms with Crippen molar-refractivity contribution in [1.29, 1.82) is 0 Å². The summed E-state index contributed by atoms with van der Waals surface area (Å²) in [5, 5.41) is 0. The number of hydrogen-bond acceptors (Lipinski definition) is 4. The van der Waals surface area contributed by atoms with E-state index in [9.17, 15) is 8.76 Å². The Bertz CT molecular complexity index is 1510. The third kappa shape index (κ3) is 4.14. The molecule has 0 fully saturated rings. The lowest BCUT2D eigenvalue weighted by molar-refractivity contribution is -0.687. The zero-order chi connectivity index (χ0) is 22.0. The lowest BCUT2D eigenvalue weighted by Gasteiger charge is -2.06. The van der Waals surface area contributed by atoms with Crippen LogP contribution in [0.4, 0.5) is 5.82 Å². The molecule has 0 saturated heterocycles. The molecular formula is C24H20N5O2S+.